The van der Waals surface area contributed by atoms with Gasteiger partial charge < -0.3 is 11.1 Å². The summed E-state index contributed by atoms with van der Waals surface area (Å²) in [6.07, 6.45) is 0. The number of benzene rings is 1. The molecule has 1 aliphatic rings. The molecule has 0 unspecified atom stereocenters. The van der Waals surface area contributed by atoms with Crippen molar-refractivity contribution in [1.29, 1.82) is 0 Å². The second kappa shape index (κ2) is 4.72. The summed E-state index contributed by atoms with van der Waals surface area (Å²) in [5.74, 6) is -0.179. The lowest BCUT2D eigenvalue weighted by Crippen LogP contribution is -2.13. The van der Waals surface area contributed by atoms with Gasteiger partial charge in [-0.15, -0.1) is 0 Å². The summed E-state index contributed by atoms with van der Waals surface area (Å²) < 4.78 is 0. The van der Waals surface area contributed by atoms with Crippen molar-refractivity contribution in [2.75, 3.05) is 11.9 Å². The first kappa shape index (κ1) is 15.3. The van der Waals surface area contributed by atoms with Crippen LogP contribution in [0.2, 0.25) is 0 Å². The van der Waals surface area contributed by atoms with E-state index >= 15 is 0 Å². The number of hydrogen-bond donors (Lipinski definition) is 2. The van der Waals surface area contributed by atoms with Gasteiger partial charge in [0, 0.05) is 18.2 Å². The first-order chi connectivity index (χ1) is 9.59. The molecule has 114 valence electrons. The molecule has 0 bridgehead atoms. The molecule has 0 radical (unpaired) electrons. The van der Waals surface area contributed by atoms with Gasteiger partial charge >= 0.3 is 0 Å². The standard InChI is InChI=1S/C15H21N3O3/c1-14(2)12(15(14,3)4)8-17-10-7-9(13(16)19)5-6-11(10)18(20)21/h5-7,12,17H,8H2,1-4H3,(H2,16,19). The number of nitro benzene ring substituents is 1. The second-order valence-electron chi connectivity index (χ2n) is 6.73. The van der Waals surface area contributed by atoms with Crippen LogP contribution in [0.5, 0.6) is 0 Å². The van der Waals surface area contributed by atoms with E-state index in [2.05, 4.69) is 33.0 Å². The summed E-state index contributed by atoms with van der Waals surface area (Å²) >= 11 is 0. The van der Waals surface area contributed by atoms with Crippen LogP contribution in [0.1, 0.15) is 38.1 Å². The number of nitrogens with zero attached hydrogens (tertiary/aromatic N) is 1. The molecule has 3 N–H and O–H groups in total. The molecular formula is C15H21N3O3. The first-order valence-electron chi connectivity index (χ1n) is 6.91. The van der Waals surface area contributed by atoms with Crippen LogP contribution in [0.4, 0.5) is 11.4 Å². The number of nitrogens with two attached hydrogens (primary N) is 1. The molecule has 1 fully saturated rings. The third kappa shape index (κ3) is 2.46. The molecule has 6 nitrogen and oxygen atoms in total. The third-order valence-corrected chi connectivity index (χ3v) is 5.29. The van der Waals surface area contributed by atoms with Crippen molar-refractivity contribution >= 4 is 17.3 Å². The SMILES string of the molecule is CC1(C)C(CNc2cc(C(N)=O)ccc2[N+](=O)[O-])C1(C)C. The van der Waals surface area contributed by atoms with E-state index in [1.165, 1.54) is 18.2 Å². The van der Waals surface area contributed by atoms with Crippen molar-refractivity contribution < 1.29 is 9.72 Å². The number of primary amides is 1. The van der Waals surface area contributed by atoms with E-state index in [0.717, 1.165) is 0 Å². The van der Waals surface area contributed by atoms with Crippen molar-refractivity contribution in [1.82, 2.24) is 0 Å². The van der Waals surface area contributed by atoms with Crippen LogP contribution in [0.25, 0.3) is 0 Å². The second-order valence-corrected chi connectivity index (χ2v) is 6.73. The van der Waals surface area contributed by atoms with Gasteiger partial charge in [0.05, 0.1) is 4.92 Å². The lowest BCUT2D eigenvalue weighted by atomic mass is 10.0. The highest BCUT2D eigenvalue weighted by Gasteiger charge is 2.64. The van der Waals surface area contributed by atoms with Crippen molar-refractivity contribution in [3.05, 3.63) is 33.9 Å². The summed E-state index contributed by atoms with van der Waals surface area (Å²) in [5, 5.41) is 14.2. The summed E-state index contributed by atoms with van der Waals surface area (Å²) in [4.78, 5) is 21.8. The van der Waals surface area contributed by atoms with Crippen LogP contribution in [0.3, 0.4) is 0 Å². The smallest absolute Gasteiger partial charge is 0.292 e. The molecule has 0 aromatic heterocycles. The number of carbonyl (C=O) groups excluding carboxylic acids is 1. The predicted octanol–water partition coefficient (Wildman–Crippen LogP) is 2.79. The Morgan fingerprint density at radius 1 is 1.33 bits per heavy atom. The van der Waals surface area contributed by atoms with E-state index in [1.54, 1.807) is 0 Å². The normalized spacial score (nSPS) is 19.0. The molecule has 2 rings (SSSR count). The number of anilines is 1. The van der Waals surface area contributed by atoms with Gasteiger partial charge in [-0.2, -0.15) is 0 Å². The van der Waals surface area contributed by atoms with Crippen molar-refractivity contribution in [3.63, 3.8) is 0 Å². The zero-order valence-electron chi connectivity index (χ0n) is 12.8. The van der Waals surface area contributed by atoms with E-state index < -0.39 is 10.8 Å². The quantitative estimate of drug-likeness (QED) is 0.643. The monoisotopic (exact) mass is 291 g/mol. The Morgan fingerprint density at radius 2 is 1.90 bits per heavy atom. The Morgan fingerprint density at radius 3 is 2.33 bits per heavy atom. The Kier molecular flexibility index (Phi) is 3.43. The zero-order valence-corrected chi connectivity index (χ0v) is 12.8. The molecule has 1 amide bonds. The van der Waals surface area contributed by atoms with Crippen LogP contribution < -0.4 is 11.1 Å². The average Bonchev–Trinajstić information content (AvgIpc) is 2.76. The van der Waals surface area contributed by atoms with Crippen LogP contribution >= 0.6 is 0 Å². The minimum absolute atomic E-state index is 0.0451. The minimum atomic E-state index is -0.597. The molecule has 0 spiro atoms. The molecule has 1 saturated carbocycles. The molecule has 0 aliphatic heterocycles. The van der Waals surface area contributed by atoms with Gasteiger partial charge in [0.25, 0.3) is 5.69 Å². The fourth-order valence-electron chi connectivity index (χ4n) is 3.05. The number of nitro groups is 1. The lowest BCUT2D eigenvalue weighted by molar-refractivity contribution is -0.384. The molecule has 1 aromatic carbocycles. The largest absolute Gasteiger partial charge is 0.379 e. The minimum Gasteiger partial charge on any atom is -0.379 e. The maximum absolute atomic E-state index is 11.2. The number of nitrogens with one attached hydrogen (secondary N) is 1. The van der Waals surface area contributed by atoms with Gasteiger partial charge in [-0.05, 0) is 28.9 Å². The predicted molar refractivity (Wildman–Crippen MR) is 81.2 cm³/mol. The van der Waals surface area contributed by atoms with Gasteiger partial charge in [0.1, 0.15) is 5.69 Å². The van der Waals surface area contributed by atoms with Gasteiger partial charge in [0.2, 0.25) is 5.91 Å². The molecule has 1 aliphatic carbocycles. The van der Waals surface area contributed by atoms with Crippen LogP contribution in [0.15, 0.2) is 18.2 Å². The Labute approximate surface area is 123 Å². The van der Waals surface area contributed by atoms with Crippen LogP contribution in [-0.4, -0.2) is 17.4 Å². The zero-order chi connectivity index (χ0) is 16.0. The Hall–Kier alpha value is -2.11. The molecule has 0 heterocycles. The average molecular weight is 291 g/mol. The molecular weight excluding hydrogens is 270 g/mol. The molecule has 21 heavy (non-hydrogen) atoms. The maximum atomic E-state index is 11.2. The van der Waals surface area contributed by atoms with Gasteiger partial charge in [-0.1, -0.05) is 27.7 Å². The summed E-state index contributed by atoms with van der Waals surface area (Å²) in [7, 11) is 0. The molecule has 0 atom stereocenters. The summed E-state index contributed by atoms with van der Waals surface area (Å²) in [6, 6.07) is 4.13. The van der Waals surface area contributed by atoms with Crippen molar-refractivity contribution in [3.8, 4) is 0 Å². The number of hydrogen-bond acceptors (Lipinski definition) is 4. The van der Waals surface area contributed by atoms with Gasteiger partial charge in [-0.25, -0.2) is 0 Å². The highest BCUT2D eigenvalue weighted by molar-refractivity contribution is 5.94. The fraction of sp³-hybridized carbons (Fsp3) is 0.533. The number of amides is 1. The van der Waals surface area contributed by atoms with E-state index in [-0.39, 0.29) is 22.1 Å². The molecule has 6 heteroatoms. The van der Waals surface area contributed by atoms with Crippen LogP contribution in [-0.2, 0) is 0 Å². The Bertz CT molecular complexity index is 594. The Balaban J connectivity index is 2.21. The summed E-state index contributed by atoms with van der Waals surface area (Å²) in [5.41, 5.74) is 6.17. The maximum Gasteiger partial charge on any atom is 0.292 e. The number of rotatable bonds is 5. The number of carbonyl (C=O) groups is 1. The van der Waals surface area contributed by atoms with Crippen LogP contribution in [0, 0.1) is 26.9 Å². The van der Waals surface area contributed by atoms with Crippen molar-refractivity contribution in [2.45, 2.75) is 27.7 Å². The molecule has 1 aromatic rings. The van der Waals surface area contributed by atoms with E-state index in [1.807, 2.05) is 0 Å². The van der Waals surface area contributed by atoms with E-state index in [9.17, 15) is 14.9 Å². The highest BCUT2D eigenvalue weighted by Crippen LogP contribution is 2.68. The van der Waals surface area contributed by atoms with E-state index in [4.69, 9.17) is 5.73 Å². The fourth-order valence-corrected chi connectivity index (χ4v) is 3.05. The highest BCUT2D eigenvalue weighted by atomic mass is 16.6. The lowest BCUT2D eigenvalue weighted by Gasteiger charge is -2.09. The molecule has 0 saturated heterocycles. The summed E-state index contributed by atoms with van der Waals surface area (Å²) in [6.45, 7) is 9.38. The third-order valence-electron chi connectivity index (χ3n) is 5.29. The van der Waals surface area contributed by atoms with Crippen molar-refractivity contribution in [2.24, 2.45) is 22.5 Å². The topological polar surface area (TPSA) is 98.3 Å². The first-order valence-corrected chi connectivity index (χ1v) is 6.91. The van der Waals surface area contributed by atoms with Gasteiger partial charge in [0.15, 0.2) is 0 Å². The van der Waals surface area contributed by atoms with Gasteiger partial charge in [-0.3, -0.25) is 14.9 Å². The van der Waals surface area contributed by atoms with E-state index in [0.29, 0.717) is 18.2 Å².